The fraction of sp³-hybridized carbons (Fsp3) is 0.929. The molecule has 19 heavy (non-hydrogen) atoms. The molecule has 5 heteroatoms. The lowest BCUT2D eigenvalue weighted by atomic mass is 10.1. The van der Waals surface area contributed by atoms with Gasteiger partial charge in [0.1, 0.15) is 0 Å². The number of aliphatic imine (C=N–C) groups is 1. The Hall–Kier alpha value is -0.810. The van der Waals surface area contributed by atoms with Gasteiger partial charge in [-0.2, -0.15) is 0 Å². The number of rotatable bonds is 4. The molecule has 2 heterocycles. The van der Waals surface area contributed by atoms with Gasteiger partial charge in [0.05, 0.1) is 6.61 Å². The average molecular weight is 266 g/mol. The van der Waals surface area contributed by atoms with Gasteiger partial charge >= 0.3 is 0 Å². The van der Waals surface area contributed by atoms with Crippen molar-refractivity contribution in [2.45, 2.75) is 37.8 Å². The van der Waals surface area contributed by atoms with Gasteiger partial charge in [-0.05, 0) is 25.7 Å². The summed E-state index contributed by atoms with van der Waals surface area (Å²) >= 11 is 0. The first-order valence-corrected chi connectivity index (χ1v) is 7.64. The Bertz CT molecular complexity index is 323. The van der Waals surface area contributed by atoms with Crippen LogP contribution in [0.25, 0.3) is 0 Å². The number of hydrogen-bond donors (Lipinski definition) is 2. The van der Waals surface area contributed by atoms with Crippen molar-refractivity contribution in [2.75, 3.05) is 39.9 Å². The van der Waals surface area contributed by atoms with E-state index in [0.29, 0.717) is 12.0 Å². The molecule has 2 N–H and O–H groups in total. The Morgan fingerprint density at radius 3 is 2.89 bits per heavy atom. The molecule has 2 saturated heterocycles. The highest BCUT2D eigenvalue weighted by molar-refractivity contribution is 5.80. The third-order valence-corrected chi connectivity index (χ3v) is 4.43. The molecule has 5 nitrogen and oxygen atoms in total. The molecule has 108 valence electrons. The molecule has 3 rings (SSSR count). The van der Waals surface area contributed by atoms with E-state index in [0.717, 1.165) is 31.8 Å². The normalized spacial score (nSPS) is 32.8. The van der Waals surface area contributed by atoms with Crippen LogP contribution in [0.5, 0.6) is 0 Å². The van der Waals surface area contributed by atoms with Crippen LogP contribution in [0.3, 0.4) is 0 Å². The smallest absolute Gasteiger partial charge is 0.191 e. The van der Waals surface area contributed by atoms with E-state index in [1.54, 1.807) is 0 Å². The summed E-state index contributed by atoms with van der Waals surface area (Å²) in [5.74, 6) is 1.60. The van der Waals surface area contributed by atoms with Crippen LogP contribution in [0.2, 0.25) is 0 Å². The van der Waals surface area contributed by atoms with Crippen molar-refractivity contribution in [1.29, 1.82) is 0 Å². The Morgan fingerprint density at radius 2 is 2.21 bits per heavy atom. The number of likely N-dealkylation sites (tertiary alicyclic amines) is 1. The van der Waals surface area contributed by atoms with Crippen LogP contribution < -0.4 is 10.6 Å². The number of nitrogens with one attached hydrogen (secondary N) is 2. The van der Waals surface area contributed by atoms with Crippen LogP contribution >= 0.6 is 0 Å². The molecule has 0 aromatic carbocycles. The fourth-order valence-corrected chi connectivity index (χ4v) is 3.05. The minimum absolute atomic E-state index is 0.562. The summed E-state index contributed by atoms with van der Waals surface area (Å²) in [6.45, 7) is 5.20. The third kappa shape index (κ3) is 3.60. The zero-order valence-corrected chi connectivity index (χ0v) is 11.9. The fourth-order valence-electron chi connectivity index (χ4n) is 3.05. The van der Waals surface area contributed by atoms with Crippen molar-refractivity contribution >= 4 is 5.96 Å². The summed E-state index contributed by atoms with van der Waals surface area (Å²) in [4.78, 5) is 6.95. The predicted molar refractivity (Wildman–Crippen MR) is 76.4 cm³/mol. The van der Waals surface area contributed by atoms with E-state index in [-0.39, 0.29) is 0 Å². The second-order valence-electron chi connectivity index (χ2n) is 6.04. The van der Waals surface area contributed by atoms with E-state index in [1.807, 2.05) is 7.05 Å². The Labute approximate surface area is 115 Å². The van der Waals surface area contributed by atoms with Crippen LogP contribution in [0.4, 0.5) is 0 Å². The second kappa shape index (κ2) is 6.09. The maximum Gasteiger partial charge on any atom is 0.191 e. The van der Waals surface area contributed by atoms with Gasteiger partial charge in [-0.15, -0.1) is 0 Å². The number of ether oxygens (including phenoxy) is 1. The molecular formula is C14H26N4O. The lowest BCUT2D eigenvalue weighted by Gasteiger charge is -2.19. The lowest BCUT2D eigenvalue weighted by molar-refractivity contribution is 0.186. The minimum atomic E-state index is 0.562. The molecule has 2 atom stereocenters. The van der Waals surface area contributed by atoms with Crippen molar-refractivity contribution in [3.8, 4) is 0 Å². The molecule has 0 bridgehead atoms. The van der Waals surface area contributed by atoms with Gasteiger partial charge in [-0.1, -0.05) is 0 Å². The van der Waals surface area contributed by atoms with Crippen LogP contribution in [-0.2, 0) is 4.74 Å². The highest BCUT2D eigenvalue weighted by Crippen LogP contribution is 2.29. The number of hydrogen-bond acceptors (Lipinski definition) is 3. The van der Waals surface area contributed by atoms with E-state index >= 15 is 0 Å². The maximum atomic E-state index is 5.40. The van der Waals surface area contributed by atoms with Gasteiger partial charge in [0, 0.05) is 51.3 Å². The topological polar surface area (TPSA) is 48.9 Å². The highest BCUT2D eigenvalue weighted by Gasteiger charge is 2.34. The molecule has 3 aliphatic rings. The molecule has 2 unspecified atom stereocenters. The molecule has 0 aromatic rings. The Morgan fingerprint density at radius 1 is 1.32 bits per heavy atom. The quantitative estimate of drug-likeness (QED) is 0.572. The van der Waals surface area contributed by atoms with E-state index < -0.39 is 0 Å². The molecule has 1 aliphatic carbocycles. The average Bonchev–Trinajstić information content (AvgIpc) is 2.96. The van der Waals surface area contributed by atoms with Gasteiger partial charge in [0.25, 0.3) is 0 Å². The molecular weight excluding hydrogens is 240 g/mol. The standard InChI is InChI=1S/C14H26N4O/c1-15-14(16-8-11-5-7-19-10-11)17-12-4-6-18(9-12)13-2-3-13/h11-13H,2-10H2,1H3,(H2,15,16,17). The molecule has 0 radical (unpaired) electrons. The molecule has 1 saturated carbocycles. The molecule has 0 spiro atoms. The first-order valence-electron chi connectivity index (χ1n) is 7.64. The van der Waals surface area contributed by atoms with E-state index in [2.05, 4.69) is 20.5 Å². The maximum absolute atomic E-state index is 5.40. The number of guanidine groups is 1. The summed E-state index contributed by atoms with van der Waals surface area (Å²) < 4.78 is 5.40. The Kier molecular flexibility index (Phi) is 4.23. The Balaban J connectivity index is 1.39. The third-order valence-electron chi connectivity index (χ3n) is 4.43. The summed E-state index contributed by atoms with van der Waals surface area (Å²) in [7, 11) is 1.86. The highest BCUT2D eigenvalue weighted by atomic mass is 16.5. The first kappa shape index (κ1) is 13.2. The van der Waals surface area contributed by atoms with Crippen LogP contribution in [0, 0.1) is 5.92 Å². The van der Waals surface area contributed by atoms with Crippen LogP contribution in [-0.4, -0.2) is 62.8 Å². The molecule has 2 aliphatic heterocycles. The van der Waals surface area contributed by atoms with Crippen molar-refractivity contribution in [2.24, 2.45) is 10.9 Å². The van der Waals surface area contributed by atoms with E-state index in [1.165, 1.54) is 38.8 Å². The monoisotopic (exact) mass is 266 g/mol. The van der Waals surface area contributed by atoms with Crippen molar-refractivity contribution in [3.63, 3.8) is 0 Å². The zero-order valence-electron chi connectivity index (χ0n) is 11.9. The SMILES string of the molecule is CN=C(NCC1CCOC1)NC1CCN(C2CC2)C1. The molecule has 3 fully saturated rings. The first-order chi connectivity index (χ1) is 9.35. The summed E-state index contributed by atoms with van der Waals surface area (Å²) in [5, 5.41) is 7.00. The van der Waals surface area contributed by atoms with Gasteiger partial charge in [-0.3, -0.25) is 9.89 Å². The van der Waals surface area contributed by atoms with E-state index in [4.69, 9.17) is 4.74 Å². The van der Waals surface area contributed by atoms with Gasteiger partial charge in [0.15, 0.2) is 5.96 Å². The van der Waals surface area contributed by atoms with Crippen molar-refractivity contribution in [3.05, 3.63) is 0 Å². The second-order valence-corrected chi connectivity index (χ2v) is 6.04. The van der Waals surface area contributed by atoms with Gasteiger partial charge in [0.2, 0.25) is 0 Å². The van der Waals surface area contributed by atoms with Crippen LogP contribution in [0.15, 0.2) is 4.99 Å². The minimum Gasteiger partial charge on any atom is -0.381 e. The van der Waals surface area contributed by atoms with Gasteiger partial charge < -0.3 is 15.4 Å². The van der Waals surface area contributed by atoms with Crippen LogP contribution in [0.1, 0.15) is 25.7 Å². The van der Waals surface area contributed by atoms with Crippen molar-refractivity contribution in [1.82, 2.24) is 15.5 Å². The largest absolute Gasteiger partial charge is 0.381 e. The molecule has 0 aromatic heterocycles. The predicted octanol–water partition coefficient (Wildman–Crippen LogP) is 0.425. The summed E-state index contributed by atoms with van der Waals surface area (Å²) in [6, 6.07) is 1.45. The summed E-state index contributed by atoms with van der Waals surface area (Å²) in [5.41, 5.74) is 0. The molecule has 0 amide bonds. The zero-order chi connectivity index (χ0) is 13.1. The van der Waals surface area contributed by atoms with Crippen molar-refractivity contribution < 1.29 is 4.74 Å². The lowest BCUT2D eigenvalue weighted by Crippen LogP contribution is -2.46. The van der Waals surface area contributed by atoms with Gasteiger partial charge in [-0.25, -0.2) is 0 Å². The van der Waals surface area contributed by atoms with E-state index in [9.17, 15) is 0 Å². The summed E-state index contributed by atoms with van der Waals surface area (Å²) in [6.07, 6.45) is 5.22. The number of nitrogens with zero attached hydrogens (tertiary/aromatic N) is 2.